The van der Waals surface area contributed by atoms with Gasteiger partial charge in [-0.3, -0.25) is 9.69 Å². The second kappa shape index (κ2) is 7.66. The van der Waals surface area contributed by atoms with Crippen molar-refractivity contribution in [2.45, 2.75) is 64.3 Å². The molecule has 0 amide bonds. The van der Waals surface area contributed by atoms with Crippen LogP contribution < -0.4 is 0 Å². The molecule has 0 aromatic heterocycles. The summed E-state index contributed by atoms with van der Waals surface area (Å²) in [5, 5.41) is 8.76. The first kappa shape index (κ1) is 13.5. The third kappa shape index (κ3) is 4.97. The van der Waals surface area contributed by atoms with Crippen molar-refractivity contribution in [3.05, 3.63) is 0 Å². The largest absolute Gasteiger partial charge is 0.481 e. The number of nitrogens with zero attached hydrogens (tertiary/aromatic N) is 1. The highest BCUT2D eigenvalue weighted by Crippen LogP contribution is 2.22. The minimum atomic E-state index is -0.672. The maximum atomic E-state index is 10.6. The third-order valence-corrected chi connectivity index (χ3v) is 3.46. The molecule has 1 fully saturated rings. The fourth-order valence-electron chi connectivity index (χ4n) is 2.63. The molecule has 0 atom stereocenters. The van der Waals surface area contributed by atoms with Crippen LogP contribution in [-0.4, -0.2) is 35.1 Å². The molecule has 1 rings (SSSR count). The number of hydrogen-bond acceptors (Lipinski definition) is 2. The Hall–Kier alpha value is -0.570. The lowest BCUT2D eigenvalue weighted by Gasteiger charge is -2.30. The quantitative estimate of drug-likeness (QED) is 0.709. The van der Waals surface area contributed by atoms with E-state index in [9.17, 15) is 4.79 Å². The lowest BCUT2D eigenvalue weighted by atomic mass is 10.1. The van der Waals surface area contributed by atoms with E-state index in [4.69, 9.17) is 5.11 Å². The van der Waals surface area contributed by atoms with Gasteiger partial charge in [0.15, 0.2) is 0 Å². The molecule has 0 bridgehead atoms. The summed E-state index contributed by atoms with van der Waals surface area (Å²) in [5.41, 5.74) is 0. The van der Waals surface area contributed by atoms with Gasteiger partial charge in [-0.25, -0.2) is 0 Å². The summed E-state index contributed by atoms with van der Waals surface area (Å²) in [6.07, 6.45) is 9.28. The van der Waals surface area contributed by atoms with Crippen LogP contribution in [0, 0.1) is 0 Å². The Bertz CT molecular complexity index is 198. The van der Waals surface area contributed by atoms with E-state index in [1.165, 1.54) is 38.5 Å². The molecule has 3 nitrogen and oxygen atoms in total. The van der Waals surface area contributed by atoms with Gasteiger partial charge in [0.25, 0.3) is 0 Å². The van der Waals surface area contributed by atoms with E-state index < -0.39 is 5.97 Å². The minimum Gasteiger partial charge on any atom is -0.481 e. The van der Waals surface area contributed by atoms with Gasteiger partial charge in [0.05, 0.1) is 6.42 Å². The van der Waals surface area contributed by atoms with Gasteiger partial charge in [0.1, 0.15) is 0 Å². The zero-order valence-corrected chi connectivity index (χ0v) is 10.5. The predicted molar refractivity (Wildman–Crippen MR) is 65.6 cm³/mol. The standard InChI is InChI=1S/C13H25NO2/c1-2-10-14(11-9-13(15)16)12-7-5-3-4-6-8-12/h12H,2-11H2,1H3,(H,15,16). The van der Waals surface area contributed by atoms with Crippen LogP contribution in [0.3, 0.4) is 0 Å². The molecule has 94 valence electrons. The first-order valence-electron chi connectivity index (χ1n) is 6.70. The van der Waals surface area contributed by atoms with Gasteiger partial charge in [0.2, 0.25) is 0 Å². The first-order valence-corrected chi connectivity index (χ1v) is 6.70. The van der Waals surface area contributed by atoms with Crippen molar-refractivity contribution in [1.82, 2.24) is 4.90 Å². The molecule has 1 aliphatic rings. The molecule has 0 radical (unpaired) electrons. The van der Waals surface area contributed by atoms with Crippen molar-refractivity contribution in [1.29, 1.82) is 0 Å². The van der Waals surface area contributed by atoms with Crippen LogP contribution in [0.5, 0.6) is 0 Å². The molecule has 0 aliphatic heterocycles. The van der Waals surface area contributed by atoms with Crippen LogP contribution in [0.4, 0.5) is 0 Å². The summed E-state index contributed by atoms with van der Waals surface area (Å²) in [6, 6.07) is 0.641. The molecular weight excluding hydrogens is 202 g/mol. The maximum Gasteiger partial charge on any atom is 0.304 e. The van der Waals surface area contributed by atoms with E-state index in [1.54, 1.807) is 0 Å². The number of carbonyl (C=O) groups is 1. The second-order valence-electron chi connectivity index (χ2n) is 4.83. The van der Waals surface area contributed by atoms with Gasteiger partial charge >= 0.3 is 5.97 Å². The second-order valence-corrected chi connectivity index (χ2v) is 4.83. The van der Waals surface area contributed by atoms with Gasteiger partial charge in [-0.1, -0.05) is 32.6 Å². The zero-order valence-electron chi connectivity index (χ0n) is 10.5. The van der Waals surface area contributed by atoms with E-state index in [2.05, 4.69) is 11.8 Å². The van der Waals surface area contributed by atoms with Gasteiger partial charge in [-0.05, 0) is 25.8 Å². The van der Waals surface area contributed by atoms with Crippen LogP contribution in [-0.2, 0) is 4.79 Å². The number of aliphatic carboxylic acids is 1. The van der Waals surface area contributed by atoms with Gasteiger partial charge < -0.3 is 5.11 Å². The molecule has 0 unspecified atom stereocenters. The Kier molecular flexibility index (Phi) is 6.46. The summed E-state index contributed by atoms with van der Waals surface area (Å²) in [6.45, 7) is 3.95. The van der Waals surface area contributed by atoms with Crippen LogP contribution in [0.25, 0.3) is 0 Å². The summed E-state index contributed by atoms with van der Waals surface area (Å²) in [7, 11) is 0. The van der Waals surface area contributed by atoms with Crippen molar-refractivity contribution >= 4 is 5.97 Å². The lowest BCUT2D eigenvalue weighted by Crippen LogP contribution is -2.37. The summed E-state index contributed by atoms with van der Waals surface area (Å²) in [5.74, 6) is -0.672. The Balaban J connectivity index is 2.42. The first-order chi connectivity index (χ1) is 7.74. The summed E-state index contributed by atoms with van der Waals surface area (Å²) < 4.78 is 0. The Morgan fingerprint density at radius 3 is 2.31 bits per heavy atom. The number of carboxylic acids is 1. The molecular formula is C13H25NO2. The normalized spacial score (nSPS) is 18.6. The van der Waals surface area contributed by atoms with Crippen molar-refractivity contribution in [2.24, 2.45) is 0 Å². The SMILES string of the molecule is CCCN(CCC(=O)O)C1CCCCCC1. The molecule has 0 aromatic carbocycles. The fourth-order valence-corrected chi connectivity index (χ4v) is 2.63. The molecule has 0 aromatic rings. The highest BCUT2D eigenvalue weighted by Gasteiger charge is 2.19. The topological polar surface area (TPSA) is 40.5 Å². The van der Waals surface area contributed by atoms with Crippen molar-refractivity contribution in [3.8, 4) is 0 Å². The highest BCUT2D eigenvalue weighted by atomic mass is 16.4. The van der Waals surface area contributed by atoms with Crippen molar-refractivity contribution < 1.29 is 9.90 Å². The van der Waals surface area contributed by atoms with Crippen molar-refractivity contribution in [3.63, 3.8) is 0 Å². The summed E-state index contributed by atoms with van der Waals surface area (Å²) in [4.78, 5) is 13.0. The molecule has 1 saturated carbocycles. The van der Waals surface area contributed by atoms with Gasteiger partial charge in [0, 0.05) is 12.6 Å². The van der Waals surface area contributed by atoms with Crippen LogP contribution in [0.1, 0.15) is 58.3 Å². The molecule has 0 saturated heterocycles. The lowest BCUT2D eigenvalue weighted by molar-refractivity contribution is -0.137. The maximum absolute atomic E-state index is 10.6. The van der Waals surface area contributed by atoms with E-state index in [-0.39, 0.29) is 6.42 Å². The van der Waals surface area contributed by atoms with Crippen LogP contribution >= 0.6 is 0 Å². The van der Waals surface area contributed by atoms with Crippen LogP contribution in [0.15, 0.2) is 0 Å². The van der Waals surface area contributed by atoms with E-state index in [0.717, 1.165) is 19.5 Å². The molecule has 0 heterocycles. The molecule has 1 N–H and O–H groups in total. The third-order valence-electron chi connectivity index (χ3n) is 3.46. The van der Waals surface area contributed by atoms with E-state index in [1.807, 2.05) is 0 Å². The molecule has 1 aliphatic carbocycles. The number of carboxylic acid groups (broad SMARTS) is 1. The molecule has 0 spiro atoms. The monoisotopic (exact) mass is 227 g/mol. The predicted octanol–water partition coefficient (Wildman–Crippen LogP) is 2.90. The van der Waals surface area contributed by atoms with E-state index >= 15 is 0 Å². The van der Waals surface area contributed by atoms with E-state index in [0.29, 0.717) is 6.04 Å². The average molecular weight is 227 g/mol. The smallest absolute Gasteiger partial charge is 0.304 e. The van der Waals surface area contributed by atoms with Gasteiger partial charge in [-0.15, -0.1) is 0 Å². The fraction of sp³-hybridized carbons (Fsp3) is 0.923. The minimum absolute atomic E-state index is 0.288. The number of hydrogen-bond donors (Lipinski definition) is 1. The summed E-state index contributed by atoms with van der Waals surface area (Å²) >= 11 is 0. The van der Waals surface area contributed by atoms with Crippen LogP contribution in [0.2, 0.25) is 0 Å². The van der Waals surface area contributed by atoms with Crippen molar-refractivity contribution in [2.75, 3.05) is 13.1 Å². The Labute approximate surface area is 98.8 Å². The Morgan fingerprint density at radius 2 is 1.81 bits per heavy atom. The number of rotatable bonds is 6. The molecule has 16 heavy (non-hydrogen) atoms. The average Bonchev–Trinajstić information content (AvgIpc) is 2.52. The Morgan fingerprint density at radius 1 is 1.19 bits per heavy atom. The highest BCUT2D eigenvalue weighted by molar-refractivity contribution is 5.66. The zero-order chi connectivity index (χ0) is 11.8. The van der Waals surface area contributed by atoms with Gasteiger partial charge in [-0.2, -0.15) is 0 Å². The molecule has 3 heteroatoms.